The van der Waals surface area contributed by atoms with Crippen molar-refractivity contribution in [1.82, 2.24) is 20.0 Å². The second kappa shape index (κ2) is 4.83. The zero-order valence-electron chi connectivity index (χ0n) is 10.0. The number of rotatable bonds is 4. The van der Waals surface area contributed by atoms with Crippen LogP contribution in [0.2, 0.25) is 0 Å². The standard InChI is InChI=1S/C10H13N5O2S/c1-5-9(18-6(2)12-5)8-7(10(16)17)13-14-15(8)4-3-11/h3-4,11H2,1-2H3,(H,16,17). The summed E-state index contributed by atoms with van der Waals surface area (Å²) in [7, 11) is 0. The van der Waals surface area contributed by atoms with Crippen molar-refractivity contribution in [2.45, 2.75) is 20.4 Å². The van der Waals surface area contributed by atoms with E-state index in [1.54, 1.807) is 0 Å². The number of hydrogen-bond acceptors (Lipinski definition) is 6. The molecule has 0 atom stereocenters. The molecule has 2 aromatic rings. The van der Waals surface area contributed by atoms with Crippen LogP contribution in [0.1, 0.15) is 21.2 Å². The molecular weight excluding hydrogens is 254 g/mol. The minimum Gasteiger partial charge on any atom is -0.476 e. The number of nitrogens with two attached hydrogens (primary N) is 1. The first kappa shape index (κ1) is 12.7. The van der Waals surface area contributed by atoms with Crippen LogP contribution >= 0.6 is 11.3 Å². The molecule has 0 fully saturated rings. The molecule has 2 aromatic heterocycles. The molecule has 18 heavy (non-hydrogen) atoms. The summed E-state index contributed by atoms with van der Waals surface area (Å²) in [6.45, 7) is 4.50. The molecule has 0 unspecified atom stereocenters. The van der Waals surface area contributed by atoms with E-state index in [1.807, 2.05) is 13.8 Å². The summed E-state index contributed by atoms with van der Waals surface area (Å²) >= 11 is 1.43. The van der Waals surface area contributed by atoms with Crippen molar-refractivity contribution < 1.29 is 9.90 Å². The number of nitrogens with zero attached hydrogens (tertiary/aromatic N) is 4. The lowest BCUT2D eigenvalue weighted by atomic mass is 10.2. The third-order valence-electron chi connectivity index (χ3n) is 2.40. The van der Waals surface area contributed by atoms with Crippen molar-refractivity contribution in [1.29, 1.82) is 0 Å². The zero-order chi connectivity index (χ0) is 13.3. The van der Waals surface area contributed by atoms with Crippen LogP contribution in [0, 0.1) is 13.8 Å². The first-order valence-electron chi connectivity index (χ1n) is 5.35. The number of aromatic nitrogens is 4. The lowest BCUT2D eigenvalue weighted by Crippen LogP contribution is -2.12. The first-order chi connectivity index (χ1) is 8.54. The Morgan fingerprint density at radius 1 is 1.50 bits per heavy atom. The lowest BCUT2D eigenvalue weighted by Gasteiger charge is -2.03. The van der Waals surface area contributed by atoms with Crippen LogP contribution < -0.4 is 5.73 Å². The van der Waals surface area contributed by atoms with Gasteiger partial charge in [-0.2, -0.15) is 0 Å². The van der Waals surface area contributed by atoms with Crippen LogP contribution in [-0.4, -0.2) is 37.6 Å². The highest BCUT2D eigenvalue weighted by Crippen LogP contribution is 2.31. The monoisotopic (exact) mass is 267 g/mol. The van der Waals surface area contributed by atoms with E-state index in [2.05, 4.69) is 15.3 Å². The third kappa shape index (κ3) is 2.12. The normalized spacial score (nSPS) is 10.8. The van der Waals surface area contributed by atoms with Gasteiger partial charge in [0.25, 0.3) is 0 Å². The van der Waals surface area contributed by atoms with E-state index in [0.717, 1.165) is 15.6 Å². The van der Waals surface area contributed by atoms with E-state index in [9.17, 15) is 4.79 Å². The molecular formula is C10H13N5O2S. The van der Waals surface area contributed by atoms with Crippen molar-refractivity contribution in [3.63, 3.8) is 0 Å². The zero-order valence-corrected chi connectivity index (χ0v) is 10.9. The van der Waals surface area contributed by atoms with Crippen molar-refractivity contribution in [3.8, 4) is 10.6 Å². The molecule has 0 spiro atoms. The van der Waals surface area contributed by atoms with E-state index in [-0.39, 0.29) is 5.69 Å². The molecule has 0 aliphatic rings. The molecule has 0 saturated heterocycles. The molecule has 0 amide bonds. The average Bonchev–Trinajstić information content (AvgIpc) is 2.82. The lowest BCUT2D eigenvalue weighted by molar-refractivity contribution is 0.0691. The molecule has 8 heteroatoms. The van der Waals surface area contributed by atoms with Crippen molar-refractivity contribution in [2.75, 3.05) is 6.54 Å². The number of aromatic carboxylic acids is 1. The molecule has 0 bridgehead atoms. The second-order valence-corrected chi connectivity index (χ2v) is 4.95. The fraction of sp³-hybridized carbons (Fsp3) is 0.400. The predicted molar refractivity (Wildman–Crippen MR) is 66.6 cm³/mol. The summed E-state index contributed by atoms with van der Waals surface area (Å²) < 4.78 is 1.52. The van der Waals surface area contributed by atoms with Gasteiger partial charge in [0.05, 0.1) is 22.1 Å². The Morgan fingerprint density at radius 3 is 2.72 bits per heavy atom. The Hall–Kier alpha value is -1.80. The summed E-state index contributed by atoms with van der Waals surface area (Å²) in [6, 6.07) is 0. The highest BCUT2D eigenvalue weighted by Gasteiger charge is 2.23. The molecule has 7 nitrogen and oxygen atoms in total. The third-order valence-corrected chi connectivity index (χ3v) is 3.48. The van der Waals surface area contributed by atoms with E-state index in [1.165, 1.54) is 16.0 Å². The van der Waals surface area contributed by atoms with Gasteiger partial charge in [-0.05, 0) is 13.8 Å². The molecule has 2 rings (SSSR count). The first-order valence-corrected chi connectivity index (χ1v) is 6.17. The molecule has 3 N–H and O–H groups in total. The maximum absolute atomic E-state index is 11.2. The van der Waals surface area contributed by atoms with Crippen LogP contribution in [0.25, 0.3) is 10.6 Å². The Balaban J connectivity index is 2.62. The van der Waals surface area contributed by atoms with Gasteiger partial charge >= 0.3 is 5.97 Å². The number of carboxylic acid groups (broad SMARTS) is 1. The highest BCUT2D eigenvalue weighted by molar-refractivity contribution is 7.15. The van der Waals surface area contributed by atoms with Gasteiger partial charge < -0.3 is 10.8 Å². The Labute approximate surface area is 107 Å². The average molecular weight is 267 g/mol. The van der Waals surface area contributed by atoms with E-state index >= 15 is 0 Å². The van der Waals surface area contributed by atoms with Crippen LogP contribution in [0.15, 0.2) is 0 Å². The Morgan fingerprint density at radius 2 is 2.22 bits per heavy atom. The van der Waals surface area contributed by atoms with E-state index in [0.29, 0.717) is 18.8 Å². The summed E-state index contributed by atoms with van der Waals surface area (Å²) in [4.78, 5) is 16.2. The van der Waals surface area contributed by atoms with Crippen LogP contribution in [-0.2, 0) is 6.54 Å². The van der Waals surface area contributed by atoms with Crippen molar-refractivity contribution in [3.05, 3.63) is 16.4 Å². The van der Waals surface area contributed by atoms with E-state index < -0.39 is 5.97 Å². The largest absolute Gasteiger partial charge is 0.476 e. The van der Waals surface area contributed by atoms with Gasteiger partial charge in [-0.1, -0.05) is 5.21 Å². The van der Waals surface area contributed by atoms with Gasteiger partial charge in [-0.3, -0.25) is 0 Å². The number of aryl methyl sites for hydroxylation is 2. The Kier molecular flexibility index (Phi) is 3.39. The number of thiazole rings is 1. The molecule has 0 saturated carbocycles. The number of hydrogen-bond donors (Lipinski definition) is 2. The molecule has 0 aromatic carbocycles. The summed E-state index contributed by atoms with van der Waals surface area (Å²) in [5, 5.41) is 17.6. The van der Waals surface area contributed by atoms with Crippen LogP contribution in [0.3, 0.4) is 0 Å². The summed E-state index contributed by atoms with van der Waals surface area (Å²) in [5.74, 6) is -1.10. The summed E-state index contributed by atoms with van der Waals surface area (Å²) in [6.07, 6.45) is 0. The van der Waals surface area contributed by atoms with E-state index in [4.69, 9.17) is 10.8 Å². The smallest absolute Gasteiger partial charge is 0.358 e. The second-order valence-electron chi connectivity index (χ2n) is 3.75. The minimum absolute atomic E-state index is 0.0600. The quantitative estimate of drug-likeness (QED) is 0.843. The van der Waals surface area contributed by atoms with Gasteiger partial charge in [0.15, 0.2) is 5.69 Å². The van der Waals surface area contributed by atoms with Gasteiger partial charge in [-0.15, -0.1) is 16.4 Å². The van der Waals surface area contributed by atoms with Crippen molar-refractivity contribution in [2.24, 2.45) is 5.73 Å². The van der Waals surface area contributed by atoms with Gasteiger partial charge in [0.1, 0.15) is 5.69 Å². The molecule has 96 valence electrons. The van der Waals surface area contributed by atoms with Crippen LogP contribution in [0.5, 0.6) is 0 Å². The topological polar surface area (TPSA) is 107 Å². The Bertz CT molecular complexity index is 589. The molecule has 0 aliphatic heterocycles. The van der Waals surface area contributed by atoms with Gasteiger partial charge in [0, 0.05) is 6.54 Å². The minimum atomic E-state index is -1.10. The number of carbonyl (C=O) groups is 1. The molecule has 0 radical (unpaired) electrons. The number of carboxylic acids is 1. The van der Waals surface area contributed by atoms with Crippen LogP contribution in [0.4, 0.5) is 0 Å². The fourth-order valence-electron chi connectivity index (χ4n) is 1.71. The molecule has 0 aliphatic carbocycles. The SMILES string of the molecule is Cc1nc(C)c(-c2c(C(=O)O)nnn2CCN)s1. The van der Waals surface area contributed by atoms with Gasteiger partial charge in [-0.25, -0.2) is 14.5 Å². The predicted octanol–water partition coefficient (Wildman–Crippen LogP) is 0.675. The van der Waals surface area contributed by atoms with Gasteiger partial charge in [0.2, 0.25) is 0 Å². The fourth-order valence-corrected chi connectivity index (χ4v) is 2.68. The maximum atomic E-state index is 11.2. The van der Waals surface area contributed by atoms with Crippen molar-refractivity contribution >= 4 is 17.3 Å². The summed E-state index contributed by atoms with van der Waals surface area (Å²) in [5.41, 5.74) is 6.69. The highest BCUT2D eigenvalue weighted by atomic mass is 32.1. The maximum Gasteiger partial charge on any atom is 0.358 e. The molecule has 2 heterocycles.